The van der Waals surface area contributed by atoms with Crippen LogP contribution in [0.15, 0.2) is 67.3 Å². The first-order valence-corrected chi connectivity index (χ1v) is 10.7. The highest BCUT2D eigenvalue weighted by Gasteiger charge is 2.19. The van der Waals surface area contributed by atoms with Crippen molar-refractivity contribution in [2.45, 2.75) is 27.3 Å². The number of fused-ring (bicyclic) bond motifs is 2. The molecule has 0 unspecified atom stereocenters. The Balaban J connectivity index is 1.79. The minimum absolute atomic E-state index is 0.0902. The van der Waals surface area contributed by atoms with Crippen LogP contribution in [0.2, 0.25) is 0 Å². The number of benzene rings is 2. The van der Waals surface area contributed by atoms with Gasteiger partial charge >= 0.3 is 11.3 Å². The van der Waals surface area contributed by atoms with Crippen LogP contribution in [0.4, 0.5) is 0 Å². The molecule has 170 valence electrons. The number of phenols is 1. The third-order valence-corrected chi connectivity index (χ3v) is 6.25. The van der Waals surface area contributed by atoms with Gasteiger partial charge < -0.3 is 9.52 Å². The number of aromatic nitrogens is 3. The van der Waals surface area contributed by atoms with Crippen LogP contribution in [0.1, 0.15) is 22.3 Å². The SMILES string of the molecule is Cc1c(C)c2cc(-c3ccc4c(=O)[nH]c(=O)n(Cc5ccccc5)c4n3)c(O)c(C)c2oc1=O. The van der Waals surface area contributed by atoms with Crippen molar-refractivity contribution in [1.29, 1.82) is 0 Å². The van der Waals surface area contributed by atoms with Gasteiger partial charge in [-0.25, -0.2) is 14.6 Å². The van der Waals surface area contributed by atoms with E-state index >= 15 is 0 Å². The predicted octanol–water partition coefficient (Wildman–Crippen LogP) is 3.54. The van der Waals surface area contributed by atoms with E-state index in [4.69, 9.17) is 4.42 Å². The second-order valence-corrected chi connectivity index (χ2v) is 8.31. The molecular formula is C26H21N3O5. The lowest BCUT2D eigenvalue weighted by Gasteiger charge is -2.14. The van der Waals surface area contributed by atoms with E-state index in [-0.39, 0.29) is 23.3 Å². The molecular weight excluding hydrogens is 434 g/mol. The van der Waals surface area contributed by atoms with E-state index in [1.807, 2.05) is 37.3 Å². The van der Waals surface area contributed by atoms with Crippen LogP contribution >= 0.6 is 0 Å². The van der Waals surface area contributed by atoms with Gasteiger partial charge in [-0.1, -0.05) is 30.3 Å². The fraction of sp³-hybridized carbons (Fsp3) is 0.154. The predicted molar refractivity (Wildman–Crippen MR) is 130 cm³/mol. The smallest absolute Gasteiger partial charge is 0.339 e. The molecule has 34 heavy (non-hydrogen) atoms. The molecule has 3 aromatic heterocycles. The maximum Gasteiger partial charge on any atom is 0.339 e. The van der Waals surface area contributed by atoms with Crippen molar-refractivity contribution in [3.8, 4) is 17.0 Å². The fourth-order valence-electron chi connectivity index (χ4n) is 4.14. The van der Waals surface area contributed by atoms with Gasteiger partial charge in [0.2, 0.25) is 0 Å². The van der Waals surface area contributed by atoms with Gasteiger partial charge in [0, 0.05) is 22.1 Å². The molecule has 5 aromatic rings. The molecule has 0 amide bonds. The molecule has 5 rings (SSSR count). The van der Waals surface area contributed by atoms with Crippen molar-refractivity contribution in [1.82, 2.24) is 14.5 Å². The molecule has 0 fully saturated rings. The Morgan fingerprint density at radius 3 is 2.41 bits per heavy atom. The summed E-state index contributed by atoms with van der Waals surface area (Å²) in [6, 6.07) is 14.3. The summed E-state index contributed by atoms with van der Waals surface area (Å²) in [6.07, 6.45) is 0. The summed E-state index contributed by atoms with van der Waals surface area (Å²) in [5, 5.41) is 11.9. The minimum Gasteiger partial charge on any atom is -0.507 e. The van der Waals surface area contributed by atoms with Crippen LogP contribution in [0.3, 0.4) is 0 Å². The van der Waals surface area contributed by atoms with Gasteiger partial charge in [0.25, 0.3) is 5.56 Å². The van der Waals surface area contributed by atoms with Crippen molar-refractivity contribution >= 4 is 22.0 Å². The van der Waals surface area contributed by atoms with E-state index in [9.17, 15) is 19.5 Å². The maximum atomic E-state index is 12.7. The molecule has 0 spiro atoms. The number of hydrogen-bond donors (Lipinski definition) is 2. The third kappa shape index (κ3) is 3.31. The van der Waals surface area contributed by atoms with E-state index in [0.717, 1.165) is 11.1 Å². The number of rotatable bonds is 3. The molecule has 3 heterocycles. The average Bonchev–Trinajstić information content (AvgIpc) is 2.83. The summed E-state index contributed by atoms with van der Waals surface area (Å²) in [7, 11) is 0. The van der Waals surface area contributed by atoms with Crippen molar-refractivity contribution in [2.75, 3.05) is 0 Å². The average molecular weight is 455 g/mol. The van der Waals surface area contributed by atoms with Gasteiger partial charge in [-0.05, 0) is 50.1 Å². The Kier molecular flexibility index (Phi) is 4.93. The van der Waals surface area contributed by atoms with Crippen LogP contribution < -0.4 is 16.9 Å². The third-order valence-electron chi connectivity index (χ3n) is 6.25. The standard InChI is InChI=1S/C26H21N3O5/c1-13-14(2)25(32)34-22-15(3)21(30)19(11-18(13)22)20-10-9-17-23(27-20)29(26(33)28-24(17)31)12-16-7-5-4-6-8-16/h4-11,30H,12H2,1-3H3,(H,28,31,33). The Hall–Kier alpha value is -4.46. The lowest BCUT2D eigenvalue weighted by Crippen LogP contribution is -2.31. The van der Waals surface area contributed by atoms with Gasteiger partial charge in [0.15, 0.2) is 5.65 Å². The molecule has 0 aliphatic heterocycles. The summed E-state index contributed by atoms with van der Waals surface area (Å²) < 4.78 is 6.83. The van der Waals surface area contributed by atoms with Gasteiger partial charge in [0.1, 0.15) is 11.3 Å². The number of aromatic amines is 1. The summed E-state index contributed by atoms with van der Waals surface area (Å²) in [6.45, 7) is 5.39. The zero-order valence-corrected chi connectivity index (χ0v) is 18.8. The second kappa shape index (κ2) is 7.84. The van der Waals surface area contributed by atoms with Crippen molar-refractivity contribution in [3.05, 3.63) is 102 Å². The number of H-pyrrole nitrogens is 1. The highest BCUT2D eigenvalue weighted by atomic mass is 16.4. The largest absolute Gasteiger partial charge is 0.507 e. The molecule has 0 aliphatic carbocycles. The molecule has 0 saturated carbocycles. The molecule has 8 nitrogen and oxygen atoms in total. The molecule has 0 saturated heterocycles. The first-order valence-electron chi connectivity index (χ1n) is 10.7. The van der Waals surface area contributed by atoms with Crippen LogP contribution in [0.25, 0.3) is 33.3 Å². The van der Waals surface area contributed by atoms with Crippen molar-refractivity contribution in [2.24, 2.45) is 0 Å². The number of aryl methyl sites for hydroxylation is 2. The first kappa shape index (κ1) is 21.4. The van der Waals surface area contributed by atoms with Crippen LogP contribution in [-0.2, 0) is 6.54 Å². The number of aromatic hydroxyl groups is 1. The molecule has 8 heteroatoms. The van der Waals surface area contributed by atoms with E-state index in [0.29, 0.717) is 33.4 Å². The Morgan fingerprint density at radius 2 is 1.68 bits per heavy atom. The Labute approximate surface area is 192 Å². The Bertz CT molecular complexity index is 1780. The summed E-state index contributed by atoms with van der Waals surface area (Å²) >= 11 is 0. The zero-order valence-electron chi connectivity index (χ0n) is 18.8. The minimum atomic E-state index is -0.571. The normalized spacial score (nSPS) is 11.4. The summed E-state index contributed by atoms with van der Waals surface area (Å²) in [5.41, 5.74) is 2.26. The lowest BCUT2D eigenvalue weighted by molar-refractivity contribution is 0.469. The number of nitrogens with one attached hydrogen (secondary N) is 1. The quantitative estimate of drug-likeness (QED) is 0.402. The van der Waals surface area contributed by atoms with E-state index in [1.54, 1.807) is 32.0 Å². The van der Waals surface area contributed by atoms with Gasteiger partial charge in [0.05, 0.1) is 17.6 Å². The van der Waals surface area contributed by atoms with Gasteiger partial charge in [-0.3, -0.25) is 14.3 Å². The highest BCUT2D eigenvalue weighted by Crippen LogP contribution is 2.37. The van der Waals surface area contributed by atoms with Crippen molar-refractivity contribution in [3.63, 3.8) is 0 Å². The monoisotopic (exact) mass is 455 g/mol. The fourth-order valence-corrected chi connectivity index (χ4v) is 4.14. The molecule has 2 N–H and O–H groups in total. The number of pyridine rings is 1. The number of hydrogen-bond acceptors (Lipinski definition) is 6. The van der Waals surface area contributed by atoms with Crippen LogP contribution in [0.5, 0.6) is 5.75 Å². The zero-order chi connectivity index (χ0) is 24.1. The Morgan fingerprint density at radius 1 is 0.941 bits per heavy atom. The molecule has 0 radical (unpaired) electrons. The lowest BCUT2D eigenvalue weighted by atomic mass is 9.98. The summed E-state index contributed by atoms with van der Waals surface area (Å²) in [4.78, 5) is 44.3. The second-order valence-electron chi connectivity index (χ2n) is 8.31. The molecule has 0 atom stereocenters. The van der Waals surface area contributed by atoms with Gasteiger partial charge in [-0.15, -0.1) is 0 Å². The summed E-state index contributed by atoms with van der Waals surface area (Å²) in [5.74, 6) is -0.0902. The van der Waals surface area contributed by atoms with Crippen molar-refractivity contribution < 1.29 is 9.52 Å². The van der Waals surface area contributed by atoms with E-state index in [1.165, 1.54) is 4.57 Å². The van der Waals surface area contributed by atoms with E-state index < -0.39 is 16.9 Å². The van der Waals surface area contributed by atoms with Gasteiger partial charge in [-0.2, -0.15) is 0 Å². The van der Waals surface area contributed by atoms with E-state index in [2.05, 4.69) is 9.97 Å². The maximum absolute atomic E-state index is 12.7. The molecule has 2 aromatic carbocycles. The highest BCUT2D eigenvalue weighted by molar-refractivity contribution is 5.92. The molecule has 0 aliphatic rings. The van der Waals surface area contributed by atoms with Crippen LogP contribution in [-0.4, -0.2) is 19.6 Å². The molecule has 0 bridgehead atoms. The number of phenolic OH excluding ortho intramolecular Hbond substituents is 1. The first-order chi connectivity index (χ1) is 16.3. The topological polar surface area (TPSA) is 118 Å². The van der Waals surface area contributed by atoms with Crippen LogP contribution in [0, 0.1) is 20.8 Å². The number of nitrogens with zero attached hydrogens (tertiary/aromatic N) is 2.